The summed E-state index contributed by atoms with van der Waals surface area (Å²) in [5.74, 6) is -0.889. The van der Waals surface area contributed by atoms with Crippen molar-refractivity contribution in [2.75, 3.05) is 26.2 Å². The van der Waals surface area contributed by atoms with E-state index in [0.717, 1.165) is 22.5 Å². The van der Waals surface area contributed by atoms with Crippen molar-refractivity contribution in [1.29, 1.82) is 0 Å². The number of nitrogens with zero attached hydrogens (tertiary/aromatic N) is 3. The summed E-state index contributed by atoms with van der Waals surface area (Å²) in [6.07, 6.45) is -8.82. The molecular formula is C23H19F6N3O3S. The molecule has 4 rings (SSSR count). The van der Waals surface area contributed by atoms with Gasteiger partial charge in [0.25, 0.3) is 0 Å². The van der Waals surface area contributed by atoms with Gasteiger partial charge >= 0.3 is 12.4 Å². The number of piperazine rings is 1. The average Bonchev–Trinajstić information content (AvgIpc) is 3.63. The Morgan fingerprint density at radius 3 is 2.00 bits per heavy atom. The Morgan fingerprint density at radius 1 is 0.889 bits per heavy atom. The van der Waals surface area contributed by atoms with Gasteiger partial charge in [0.1, 0.15) is 0 Å². The van der Waals surface area contributed by atoms with Crippen molar-refractivity contribution in [2.45, 2.75) is 29.6 Å². The van der Waals surface area contributed by atoms with E-state index in [2.05, 4.69) is 4.85 Å². The van der Waals surface area contributed by atoms with Crippen LogP contribution in [0, 0.1) is 12.5 Å². The van der Waals surface area contributed by atoms with Crippen LogP contribution < -0.4 is 0 Å². The molecule has 0 aromatic heterocycles. The van der Waals surface area contributed by atoms with Gasteiger partial charge in [0.2, 0.25) is 15.9 Å². The first-order chi connectivity index (χ1) is 16.7. The average molecular weight is 531 g/mol. The summed E-state index contributed by atoms with van der Waals surface area (Å²) in [5.41, 5.74) is -1.87. The summed E-state index contributed by atoms with van der Waals surface area (Å²) in [5, 5.41) is 0. The zero-order chi connectivity index (χ0) is 26.5. The van der Waals surface area contributed by atoms with Crippen LogP contribution >= 0.6 is 0 Å². The molecule has 1 aliphatic carbocycles. The number of carbonyl (C=O) groups is 1. The van der Waals surface area contributed by atoms with E-state index in [-0.39, 0.29) is 38.0 Å². The van der Waals surface area contributed by atoms with Crippen LogP contribution in [0.15, 0.2) is 47.4 Å². The largest absolute Gasteiger partial charge is 0.416 e. The maximum absolute atomic E-state index is 13.2. The third-order valence-electron chi connectivity index (χ3n) is 6.31. The number of amides is 1. The van der Waals surface area contributed by atoms with Gasteiger partial charge in [0.05, 0.1) is 17.0 Å². The lowest BCUT2D eigenvalue weighted by molar-refractivity contribution is -0.138. The van der Waals surface area contributed by atoms with Gasteiger partial charge in [-0.05, 0) is 48.2 Å². The van der Waals surface area contributed by atoms with Gasteiger partial charge in [0.15, 0.2) is 5.69 Å². The van der Waals surface area contributed by atoms with Crippen LogP contribution in [0.2, 0.25) is 0 Å². The summed E-state index contributed by atoms with van der Waals surface area (Å²) in [6, 6.07) is 6.56. The molecule has 0 radical (unpaired) electrons. The van der Waals surface area contributed by atoms with Crippen LogP contribution in [0.3, 0.4) is 0 Å². The molecular weight excluding hydrogens is 512 g/mol. The first kappa shape index (κ1) is 26.0. The summed E-state index contributed by atoms with van der Waals surface area (Å²) >= 11 is 0. The summed E-state index contributed by atoms with van der Waals surface area (Å²) in [4.78, 5) is 16.6. The van der Waals surface area contributed by atoms with Crippen molar-refractivity contribution >= 4 is 21.6 Å². The molecule has 13 heteroatoms. The van der Waals surface area contributed by atoms with E-state index in [9.17, 15) is 39.6 Å². The number of carbonyl (C=O) groups excluding carboxylic acids is 1. The van der Waals surface area contributed by atoms with Gasteiger partial charge in [-0.25, -0.2) is 13.3 Å². The van der Waals surface area contributed by atoms with Gasteiger partial charge in [-0.1, -0.05) is 12.1 Å². The minimum Gasteiger partial charge on any atom is -0.340 e. The number of rotatable bonds is 4. The van der Waals surface area contributed by atoms with E-state index < -0.39 is 50.0 Å². The standard InChI is InChI=1S/C23H19F6N3O3S/c1-30-17-10-16(23(27,28)29)11-18(12-17)36(34,35)32-8-6-31(7-9-32)21(33)20-13-19(20)14-2-4-15(5-3-14)22(24,25)26/h2-5,10-12,19-20H,6-9,13H2. The zero-order valence-electron chi connectivity index (χ0n) is 18.5. The lowest BCUT2D eigenvalue weighted by atomic mass is 10.1. The molecule has 1 aliphatic heterocycles. The molecule has 2 aliphatic rings. The van der Waals surface area contributed by atoms with Crippen molar-refractivity contribution < 1.29 is 39.6 Å². The Hall–Kier alpha value is -3.11. The van der Waals surface area contributed by atoms with Gasteiger partial charge in [0, 0.05) is 37.7 Å². The molecule has 2 fully saturated rings. The Labute approximate surface area is 203 Å². The Balaban J connectivity index is 1.40. The molecule has 0 bridgehead atoms. The molecule has 1 saturated carbocycles. The predicted octanol–water partition coefficient (Wildman–Crippen LogP) is 4.91. The molecule has 2 aromatic carbocycles. The number of hydrogen-bond donors (Lipinski definition) is 0. The second-order valence-corrected chi connectivity index (χ2v) is 10.6. The fourth-order valence-corrected chi connectivity index (χ4v) is 5.74. The molecule has 2 aromatic rings. The molecule has 192 valence electrons. The fourth-order valence-electron chi connectivity index (χ4n) is 4.25. The topological polar surface area (TPSA) is 62.1 Å². The molecule has 0 spiro atoms. The van der Waals surface area contributed by atoms with E-state index in [1.807, 2.05) is 0 Å². The van der Waals surface area contributed by atoms with Crippen LogP contribution in [0.5, 0.6) is 0 Å². The highest BCUT2D eigenvalue weighted by molar-refractivity contribution is 7.89. The van der Waals surface area contributed by atoms with Crippen LogP contribution in [0.1, 0.15) is 29.0 Å². The minimum absolute atomic E-state index is 0.0168. The molecule has 36 heavy (non-hydrogen) atoms. The van der Waals surface area contributed by atoms with Crippen LogP contribution in [-0.4, -0.2) is 49.7 Å². The maximum atomic E-state index is 13.2. The lowest BCUT2D eigenvalue weighted by Crippen LogP contribution is -2.51. The quantitative estimate of drug-likeness (QED) is 0.416. The highest BCUT2D eigenvalue weighted by Gasteiger charge is 2.47. The second-order valence-electron chi connectivity index (χ2n) is 8.62. The summed E-state index contributed by atoms with van der Waals surface area (Å²) in [7, 11) is -4.34. The third kappa shape index (κ3) is 5.19. The number of sulfonamides is 1. The van der Waals surface area contributed by atoms with E-state index in [4.69, 9.17) is 6.57 Å². The Morgan fingerprint density at radius 2 is 1.47 bits per heavy atom. The van der Waals surface area contributed by atoms with Crippen molar-refractivity contribution in [1.82, 2.24) is 9.21 Å². The number of halogens is 6. The number of benzene rings is 2. The molecule has 1 amide bonds. The Kier molecular flexibility index (Phi) is 6.55. The highest BCUT2D eigenvalue weighted by atomic mass is 32.2. The number of alkyl halides is 6. The van der Waals surface area contributed by atoms with Crippen LogP contribution in [-0.2, 0) is 27.2 Å². The van der Waals surface area contributed by atoms with Crippen molar-refractivity contribution in [2.24, 2.45) is 5.92 Å². The van der Waals surface area contributed by atoms with Gasteiger partial charge < -0.3 is 4.90 Å². The molecule has 0 N–H and O–H groups in total. The van der Waals surface area contributed by atoms with E-state index in [1.54, 1.807) is 0 Å². The monoisotopic (exact) mass is 531 g/mol. The first-order valence-electron chi connectivity index (χ1n) is 10.8. The summed E-state index contributed by atoms with van der Waals surface area (Å²) < 4.78 is 105. The number of hydrogen-bond acceptors (Lipinski definition) is 3. The van der Waals surface area contributed by atoms with Crippen molar-refractivity contribution in [3.05, 3.63) is 70.6 Å². The zero-order valence-corrected chi connectivity index (χ0v) is 19.3. The summed E-state index contributed by atoms with van der Waals surface area (Å²) in [6.45, 7) is 6.73. The lowest BCUT2D eigenvalue weighted by Gasteiger charge is -2.34. The molecule has 6 nitrogen and oxygen atoms in total. The van der Waals surface area contributed by atoms with E-state index in [1.165, 1.54) is 17.0 Å². The predicted molar refractivity (Wildman–Crippen MR) is 115 cm³/mol. The molecule has 2 unspecified atom stereocenters. The normalized spacial score (nSPS) is 21.2. The van der Waals surface area contributed by atoms with E-state index in [0.29, 0.717) is 24.1 Å². The van der Waals surface area contributed by atoms with Gasteiger partial charge in [-0.15, -0.1) is 0 Å². The van der Waals surface area contributed by atoms with Crippen molar-refractivity contribution in [3.8, 4) is 0 Å². The smallest absolute Gasteiger partial charge is 0.340 e. The fraction of sp³-hybridized carbons (Fsp3) is 0.391. The highest BCUT2D eigenvalue weighted by Crippen LogP contribution is 2.49. The SMILES string of the molecule is [C-]#[N+]c1cc(C(F)(F)F)cc(S(=O)(=O)N2CCN(C(=O)C3CC3c3ccc(C(F)(F)F)cc3)CC2)c1. The minimum atomic E-state index is -4.83. The maximum Gasteiger partial charge on any atom is 0.416 e. The molecule has 2 atom stereocenters. The van der Waals surface area contributed by atoms with Crippen LogP contribution in [0.4, 0.5) is 32.0 Å². The van der Waals surface area contributed by atoms with Crippen LogP contribution in [0.25, 0.3) is 4.85 Å². The first-order valence-corrected chi connectivity index (χ1v) is 12.2. The van der Waals surface area contributed by atoms with E-state index >= 15 is 0 Å². The Bertz CT molecular complexity index is 1310. The van der Waals surface area contributed by atoms with Gasteiger partial charge in [-0.2, -0.15) is 30.6 Å². The third-order valence-corrected chi connectivity index (χ3v) is 8.19. The molecule has 1 heterocycles. The van der Waals surface area contributed by atoms with Gasteiger partial charge in [-0.3, -0.25) is 4.79 Å². The van der Waals surface area contributed by atoms with Crippen molar-refractivity contribution in [3.63, 3.8) is 0 Å². The molecule has 1 saturated heterocycles. The second kappa shape index (κ2) is 9.08.